The molecular weight excluding hydrogens is 314 g/mol. The van der Waals surface area contributed by atoms with Crippen LogP contribution >= 0.6 is 12.2 Å². The molecule has 0 radical (unpaired) electrons. The molecule has 2 aromatic rings. The minimum Gasteiger partial charge on any atom is -0.390 e. The van der Waals surface area contributed by atoms with Crippen molar-refractivity contribution < 1.29 is 5.11 Å². The summed E-state index contributed by atoms with van der Waals surface area (Å²) < 4.78 is 0. The van der Waals surface area contributed by atoms with Gasteiger partial charge >= 0.3 is 0 Å². The van der Waals surface area contributed by atoms with Crippen molar-refractivity contribution in [3.8, 4) is 0 Å². The summed E-state index contributed by atoms with van der Waals surface area (Å²) in [5.41, 5.74) is 1.53. The summed E-state index contributed by atoms with van der Waals surface area (Å²) in [5.74, 6) is 0.148. The Labute approximate surface area is 149 Å². The molecule has 3 atom stereocenters. The predicted molar refractivity (Wildman–Crippen MR) is 103 cm³/mol. The second-order valence-corrected chi connectivity index (χ2v) is 7.35. The maximum absolute atomic E-state index is 11.0. The molecule has 24 heavy (non-hydrogen) atoms. The number of hydrogen-bond donors (Lipinski definition) is 2. The molecule has 3 heteroatoms. The van der Waals surface area contributed by atoms with Crippen LogP contribution in [-0.2, 0) is 0 Å². The van der Waals surface area contributed by atoms with E-state index in [9.17, 15) is 5.11 Å². The van der Waals surface area contributed by atoms with Gasteiger partial charge in [0.05, 0.1) is 11.6 Å². The Morgan fingerprint density at radius 1 is 1.08 bits per heavy atom. The number of hydrogen-bond acceptors (Lipinski definition) is 2. The largest absolute Gasteiger partial charge is 0.390 e. The molecule has 0 spiro atoms. The Kier molecular flexibility index (Phi) is 5.32. The quantitative estimate of drug-likeness (QED) is 0.796. The van der Waals surface area contributed by atoms with Gasteiger partial charge in [0.15, 0.2) is 0 Å². The average Bonchev–Trinajstić information content (AvgIpc) is 2.61. The third-order valence-corrected chi connectivity index (χ3v) is 5.48. The Morgan fingerprint density at radius 2 is 1.71 bits per heavy atom. The summed E-state index contributed by atoms with van der Waals surface area (Å²) in [5, 5.41) is 14.5. The van der Waals surface area contributed by atoms with Crippen LogP contribution in [0.3, 0.4) is 0 Å². The van der Waals surface area contributed by atoms with E-state index in [1.165, 1.54) is 5.56 Å². The first-order chi connectivity index (χ1) is 11.6. The highest BCUT2D eigenvalue weighted by Gasteiger charge is 2.40. The van der Waals surface area contributed by atoms with Crippen LogP contribution in [0.15, 0.2) is 60.7 Å². The highest BCUT2D eigenvalue weighted by molar-refractivity contribution is 7.80. The van der Waals surface area contributed by atoms with Gasteiger partial charge in [0.25, 0.3) is 0 Å². The van der Waals surface area contributed by atoms with Crippen LogP contribution in [0.2, 0.25) is 0 Å². The summed E-state index contributed by atoms with van der Waals surface area (Å²) >= 11 is 5.65. The Bertz CT molecular complexity index is 669. The summed E-state index contributed by atoms with van der Waals surface area (Å²) in [6.45, 7) is 1.97. The van der Waals surface area contributed by atoms with Crippen LogP contribution in [0.4, 0.5) is 0 Å². The second kappa shape index (κ2) is 7.45. The lowest BCUT2D eigenvalue weighted by Crippen LogP contribution is -2.46. The monoisotopic (exact) mass is 339 g/mol. The molecule has 0 bridgehead atoms. The lowest BCUT2D eigenvalue weighted by Gasteiger charge is -2.42. The number of aliphatic hydroxyl groups is 1. The Balaban J connectivity index is 1.89. The highest BCUT2D eigenvalue weighted by atomic mass is 32.1. The smallest absolute Gasteiger partial charge is 0.107 e. The van der Waals surface area contributed by atoms with Crippen LogP contribution < -0.4 is 5.32 Å². The number of thiocarbonyl (C=S) groups is 1. The topological polar surface area (TPSA) is 32.3 Å². The molecule has 1 aliphatic rings. The molecule has 0 heterocycles. The summed E-state index contributed by atoms with van der Waals surface area (Å²) in [6, 6.07) is 20.4. The first-order valence-electron chi connectivity index (χ1n) is 8.71. The van der Waals surface area contributed by atoms with Crippen molar-refractivity contribution in [1.82, 2.24) is 5.32 Å². The van der Waals surface area contributed by atoms with Gasteiger partial charge in [0.2, 0.25) is 0 Å². The zero-order valence-electron chi connectivity index (χ0n) is 14.1. The van der Waals surface area contributed by atoms with Crippen LogP contribution in [0.1, 0.15) is 49.8 Å². The van der Waals surface area contributed by atoms with Gasteiger partial charge in [-0.2, -0.15) is 0 Å². The fourth-order valence-electron chi connectivity index (χ4n) is 3.76. The van der Waals surface area contributed by atoms with Crippen molar-refractivity contribution >= 4 is 17.2 Å². The average molecular weight is 340 g/mol. The molecule has 0 amide bonds. The fraction of sp³-hybridized carbons (Fsp3) is 0.381. The van der Waals surface area contributed by atoms with Crippen LogP contribution in [0.25, 0.3) is 0 Å². The van der Waals surface area contributed by atoms with Gasteiger partial charge in [0, 0.05) is 11.5 Å². The van der Waals surface area contributed by atoms with Gasteiger partial charge in [-0.25, -0.2) is 0 Å². The van der Waals surface area contributed by atoms with E-state index in [4.69, 9.17) is 12.2 Å². The van der Waals surface area contributed by atoms with Crippen molar-refractivity contribution in [2.24, 2.45) is 5.92 Å². The third kappa shape index (κ3) is 3.85. The molecule has 1 aliphatic carbocycles. The van der Waals surface area contributed by atoms with Gasteiger partial charge < -0.3 is 10.4 Å². The SMILES string of the molecule is C[C@]1(O)CCCC[C@@H]1[C@H](NC(=S)c1ccccc1)c1ccccc1. The lowest BCUT2D eigenvalue weighted by atomic mass is 9.71. The van der Waals surface area contributed by atoms with E-state index in [1.54, 1.807) is 0 Å². The molecule has 0 unspecified atom stereocenters. The minimum atomic E-state index is -0.669. The third-order valence-electron chi connectivity index (χ3n) is 5.13. The van der Waals surface area contributed by atoms with Gasteiger partial charge in [-0.15, -0.1) is 0 Å². The zero-order chi connectivity index (χ0) is 17.0. The molecular formula is C21H25NOS. The van der Waals surface area contributed by atoms with Crippen molar-refractivity contribution in [1.29, 1.82) is 0 Å². The van der Waals surface area contributed by atoms with E-state index in [0.717, 1.165) is 36.2 Å². The van der Waals surface area contributed by atoms with Crippen LogP contribution in [-0.4, -0.2) is 15.7 Å². The molecule has 2 aromatic carbocycles. The first kappa shape index (κ1) is 17.1. The number of benzene rings is 2. The normalized spacial score (nSPS) is 25.0. The van der Waals surface area contributed by atoms with E-state index in [-0.39, 0.29) is 12.0 Å². The summed E-state index contributed by atoms with van der Waals surface area (Å²) in [4.78, 5) is 0.742. The first-order valence-corrected chi connectivity index (χ1v) is 9.12. The second-order valence-electron chi connectivity index (χ2n) is 6.94. The molecule has 1 saturated carbocycles. The van der Waals surface area contributed by atoms with E-state index in [0.29, 0.717) is 0 Å². The molecule has 2 nitrogen and oxygen atoms in total. The Hall–Kier alpha value is -1.71. The fourth-order valence-corrected chi connectivity index (χ4v) is 4.02. The Morgan fingerprint density at radius 3 is 2.33 bits per heavy atom. The van der Waals surface area contributed by atoms with E-state index in [2.05, 4.69) is 17.4 Å². The minimum absolute atomic E-state index is 0.0224. The molecule has 1 fully saturated rings. The maximum Gasteiger partial charge on any atom is 0.107 e. The maximum atomic E-state index is 11.0. The van der Waals surface area contributed by atoms with Crippen molar-refractivity contribution in [2.75, 3.05) is 0 Å². The molecule has 126 valence electrons. The number of rotatable bonds is 4. The van der Waals surface area contributed by atoms with Crippen LogP contribution in [0, 0.1) is 5.92 Å². The van der Waals surface area contributed by atoms with Crippen molar-refractivity contribution in [3.05, 3.63) is 71.8 Å². The van der Waals surface area contributed by atoms with Crippen molar-refractivity contribution in [2.45, 2.75) is 44.2 Å². The van der Waals surface area contributed by atoms with E-state index >= 15 is 0 Å². The van der Waals surface area contributed by atoms with E-state index in [1.807, 2.05) is 55.5 Å². The molecule has 3 rings (SSSR count). The summed E-state index contributed by atoms with van der Waals surface area (Å²) in [6.07, 6.45) is 4.11. The predicted octanol–water partition coefficient (Wildman–Crippen LogP) is 4.63. The number of nitrogens with one attached hydrogen (secondary N) is 1. The van der Waals surface area contributed by atoms with Gasteiger partial charge in [-0.05, 0) is 25.3 Å². The standard InChI is InChI=1S/C21H25NOS/c1-21(23)15-9-8-14-18(21)19(16-10-4-2-5-11-16)22-20(24)17-12-6-3-7-13-17/h2-7,10-13,18-19,23H,8-9,14-15H2,1H3,(H,22,24)/t18-,19-,21+/m1/s1. The molecule has 2 N–H and O–H groups in total. The van der Waals surface area contributed by atoms with Crippen molar-refractivity contribution in [3.63, 3.8) is 0 Å². The molecule has 0 aromatic heterocycles. The molecule has 0 saturated heterocycles. The van der Waals surface area contributed by atoms with Gasteiger partial charge in [-0.1, -0.05) is 85.7 Å². The highest BCUT2D eigenvalue weighted by Crippen LogP contribution is 2.41. The summed E-state index contributed by atoms with van der Waals surface area (Å²) in [7, 11) is 0. The zero-order valence-corrected chi connectivity index (χ0v) is 14.9. The van der Waals surface area contributed by atoms with E-state index < -0.39 is 5.60 Å². The van der Waals surface area contributed by atoms with Gasteiger partial charge in [-0.3, -0.25) is 0 Å². The van der Waals surface area contributed by atoms with Crippen LogP contribution in [0.5, 0.6) is 0 Å². The van der Waals surface area contributed by atoms with Gasteiger partial charge in [0.1, 0.15) is 4.99 Å². The lowest BCUT2D eigenvalue weighted by molar-refractivity contribution is -0.0448. The molecule has 0 aliphatic heterocycles.